The number of benzene rings is 2. The van der Waals surface area contributed by atoms with Crippen molar-refractivity contribution in [1.29, 1.82) is 0 Å². The summed E-state index contributed by atoms with van der Waals surface area (Å²) in [7, 11) is 1.30. The highest BCUT2D eigenvalue weighted by Crippen LogP contribution is 2.26. The molecule has 0 saturated carbocycles. The standard InChI is InChI=1S/C22H16N4O4S/c1-29-20(28)18-12-11-15(30-18)13-31-22-24-23-21-25(14-7-3-2-4-8-14)19(27)16-9-5-6-10-17(16)26(21)22/h2-12H,13H2,1H3. The van der Waals surface area contributed by atoms with Crippen LogP contribution in [-0.2, 0) is 10.5 Å². The molecule has 8 nitrogen and oxygen atoms in total. The van der Waals surface area contributed by atoms with E-state index in [1.165, 1.54) is 18.9 Å². The van der Waals surface area contributed by atoms with Crippen LogP contribution in [0.2, 0.25) is 0 Å². The van der Waals surface area contributed by atoms with E-state index in [0.717, 1.165) is 5.52 Å². The van der Waals surface area contributed by atoms with Gasteiger partial charge in [0, 0.05) is 0 Å². The number of carbonyl (C=O) groups excluding carboxylic acids is 1. The van der Waals surface area contributed by atoms with Crippen LogP contribution < -0.4 is 5.56 Å². The van der Waals surface area contributed by atoms with E-state index >= 15 is 0 Å². The summed E-state index contributed by atoms with van der Waals surface area (Å²) in [6.45, 7) is 0. The predicted octanol–water partition coefficient (Wildman–Crippen LogP) is 3.71. The average Bonchev–Trinajstić information content (AvgIpc) is 3.45. The molecule has 0 aliphatic heterocycles. The van der Waals surface area contributed by atoms with Gasteiger partial charge in [0.05, 0.1) is 29.5 Å². The lowest BCUT2D eigenvalue weighted by atomic mass is 10.2. The Balaban J connectivity index is 1.62. The second kappa shape index (κ2) is 7.77. The summed E-state index contributed by atoms with van der Waals surface area (Å²) in [6.07, 6.45) is 0. The molecule has 5 rings (SSSR count). The van der Waals surface area contributed by atoms with Crippen molar-refractivity contribution in [1.82, 2.24) is 19.2 Å². The molecule has 5 aromatic rings. The number of thioether (sulfide) groups is 1. The third kappa shape index (κ3) is 3.28. The third-order valence-electron chi connectivity index (χ3n) is 4.80. The second-order valence-corrected chi connectivity index (χ2v) is 7.60. The number of fused-ring (bicyclic) bond motifs is 3. The Bertz CT molecular complexity index is 1470. The molecule has 0 fully saturated rings. The predicted molar refractivity (Wildman–Crippen MR) is 116 cm³/mol. The Kier molecular flexibility index (Phi) is 4.79. The molecule has 31 heavy (non-hydrogen) atoms. The van der Waals surface area contributed by atoms with E-state index in [-0.39, 0.29) is 11.3 Å². The van der Waals surface area contributed by atoms with Crippen molar-refractivity contribution in [2.75, 3.05) is 7.11 Å². The minimum Gasteiger partial charge on any atom is -0.463 e. The quantitative estimate of drug-likeness (QED) is 0.309. The Morgan fingerprint density at radius 2 is 1.81 bits per heavy atom. The van der Waals surface area contributed by atoms with E-state index in [4.69, 9.17) is 4.42 Å². The zero-order valence-electron chi connectivity index (χ0n) is 16.4. The normalized spacial score (nSPS) is 11.3. The summed E-state index contributed by atoms with van der Waals surface area (Å²) in [5.74, 6) is 1.07. The van der Waals surface area contributed by atoms with Crippen LogP contribution in [0, 0.1) is 0 Å². The van der Waals surface area contributed by atoms with E-state index in [9.17, 15) is 9.59 Å². The SMILES string of the molecule is COC(=O)c1ccc(CSc2nnc3n(-c4ccccc4)c(=O)c4ccccc4n23)o1. The van der Waals surface area contributed by atoms with Crippen molar-refractivity contribution in [3.63, 3.8) is 0 Å². The molecule has 3 heterocycles. The fourth-order valence-electron chi connectivity index (χ4n) is 3.38. The van der Waals surface area contributed by atoms with Gasteiger partial charge in [-0.05, 0) is 36.4 Å². The van der Waals surface area contributed by atoms with Gasteiger partial charge in [0.15, 0.2) is 5.16 Å². The first-order chi connectivity index (χ1) is 15.2. The first-order valence-electron chi connectivity index (χ1n) is 9.41. The van der Waals surface area contributed by atoms with Crippen molar-refractivity contribution < 1.29 is 13.9 Å². The van der Waals surface area contributed by atoms with E-state index in [2.05, 4.69) is 14.9 Å². The molecule has 0 amide bonds. The van der Waals surface area contributed by atoms with Crippen molar-refractivity contribution >= 4 is 34.4 Å². The van der Waals surface area contributed by atoms with Gasteiger partial charge in [-0.2, -0.15) is 0 Å². The minimum absolute atomic E-state index is 0.146. The van der Waals surface area contributed by atoms with E-state index in [1.807, 2.05) is 52.9 Å². The molecule has 0 aliphatic carbocycles. The summed E-state index contributed by atoms with van der Waals surface area (Å²) in [6, 6.07) is 20.0. The molecule has 2 aromatic carbocycles. The smallest absolute Gasteiger partial charge is 0.373 e. The minimum atomic E-state index is -0.526. The van der Waals surface area contributed by atoms with Crippen molar-refractivity contribution in [3.8, 4) is 5.69 Å². The molecule has 154 valence electrons. The molecule has 9 heteroatoms. The maximum atomic E-state index is 13.2. The molecule has 0 atom stereocenters. The Labute approximate surface area is 180 Å². The first kappa shape index (κ1) is 19.1. The van der Waals surface area contributed by atoms with Gasteiger partial charge >= 0.3 is 5.97 Å². The lowest BCUT2D eigenvalue weighted by Crippen LogP contribution is -2.21. The lowest BCUT2D eigenvalue weighted by Gasteiger charge is -2.11. The van der Waals surface area contributed by atoms with Gasteiger partial charge in [-0.3, -0.25) is 9.20 Å². The maximum Gasteiger partial charge on any atom is 0.373 e. The molecule has 0 saturated heterocycles. The molecule has 0 bridgehead atoms. The van der Waals surface area contributed by atoms with Gasteiger partial charge in [0.1, 0.15) is 5.76 Å². The number of rotatable bonds is 5. The monoisotopic (exact) mass is 432 g/mol. The number of methoxy groups -OCH3 is 1. The molecular weight excluding hydrogens is 416 g/mol. The fourth-order valence-corrected chi connectivity index (χ4v) is 4.22. The van der Waals surface area contributed by atoms with Gasteiger partial charge in [0.25, 0.3) is 5.56 Å². The highest BCUT2D eigenvalue weighted by Gasteiger charge is 2.18. The van der Waals surface area contributed by atoms with Crippen LogP contribution in [0.4, 0.5) is 0 Å². The number of hydrogen-bond acceptors (Lipinski definition) is 7. The van der Waals surface area contributed by atoms with Gasteiger partial charge in [-0.1, -0.05) is 42.1 Å². The van der Waals surface area contributed by atoms with Crippen molar-refractivity contribution in [2.45, 2.75) is 10.9 Å². The van der Waals surface area contributed by atoms with Crippen LogP contribution in [0.5, 0.6) is 0 Å². The van der Waals surface area contributed by atoms with Crippen LogP contribution in [0.15, 0.2) is 81.1 Å². The molecule has 0 spiro atoms. The Hall–Kier alpha value is -3.85. The highest BCUT2D eigenvalue weighted by molar-refractivity contribution is 7.98. The van der Waals surface area contributed by atoms with Crippen LogP contribution in [0.1, 0.15) is 16.3 Å². The summed E-state index contributed by atoms with van der Waals surface area (Å²) < 4.78 is 13.6. The lowest BCUT2D eigenvalue weighted by molar-refractivity contribution is 0.0563. The number of hydrogen-bond donors (Lipinski definition) is 0. The van der Waals surface area contributed by atoms with Gasteiger partial charge in [-0.25, -0.2) is 9.36 Å². The highest BCUT2D eigenvalue weighted by atomic mass is 32.2. The van der Waals surface area contributed by atoms with E-state index in [1.54, 1.807) is 22.8 Å². The summed E-state index contributed by atoms with van der Waals surface area (Å²) >= 11 is 1.40. The molecule has 0 N–H and O–H groups in total. The summed E-state index contributed by atoms with van der Waals surface area (Å²) in [4.78, 5) is 24.8. The number of carbonyl (C=O) groups is 1. The number of esters is 1. The zero-order chi connectivity index (χ0) is 21.4. The van der Waals surface area contributed by atoms with Gasteiger partial charge < -0.3 is 9.15 Å². The molecule has 3 aromatic heterocycles. The average molecular weight is 432 g/mol. The fraction of sp³-hybridized carbons (Fsp3) is 0.0909. The Morgan fingerprint density at radius 1 is 1.03 bits per heavy atom. The van der Waals surface area contributed by atoms with Gasteiger partial charge in [0.2, 0.25) is 11.5 Å². The van der Waals surface area contributed by atoms with E-state index < -0.39 is 5.97 Å². The van der Waals surface area contributed by atoms with Crippen LogP contribution >= 0.6 is 11.8 Å². The number of para-hydroxylation sites is 2. The largest absolute Gasteiger partial charge is 0.463 e. The van der Waals surface area contributed by atoms with Crippen LogP contribution in [-0.4, -0.2) is 32.2 Å². The molecular formula is C22H16N4O4S. The number of ether oxygens (including phenoxy) is 1. The number of nitrogens with zero attached hydrogens (tertiary/aromatic N) is 4. The topological polar surface area (TPSA) is 91.6 Å². The molecule has 0 radical (unpaired) electrons. The second-order valence-electron chi connectivity index (χ2n) is 6.66. The zero-order valence-corrected chi connectivity index (χ0v) is 17.2. The van der Waals surface area contributed by atoms with Gasteiger partial charge in [-0.15, -0.1) is 10.2 Å². The molecule has 0 aliphatic rings. The van der Waals surface area contributed by atoms with Crippen LogP contribution in [0.25, 0.3) is 22.4 Å². The van der Waals surface area contributed by atoms with Crippen LogP contribution in [0.3, 0.4) is 0 Å². The summed E-state index contributed by atoms with van der Waals surface area (Å²) in [5, 5.41) is 9.81. The number of aromatic nitrogens is 4. The maximum absolute atomic E-state index is 13.2. The number of furan rings is 1. The van der Waals surface area contributed by atoms with Crippen molar-refractivity contribution in [3.05, 3.63) is 88.6 Å². The van der Waals surface area contributed by atoms with E-state index in [0.29, 0.717) is 33.5 Å². The van der Waals surface area contributed by atoms with Crippen molar-refractivity contribution in [2.24, 2.45) is 0 Å². The Morgan fingerprint density at radius 3 is 2.61 bits per heavy atom. The third-order valence-corrected chi connectivity index (χ3v) is 5.75. The summed E-state index contributed by atoms with van der Waals surface area (Å²) in [5.41, 5.74) is 1.27. The first-order valence-corrected chi connectivity index (χ1v) is 10.4. The molecule has 0 unspecified atom stereocenters.